The van der Waals surface area contributed by atoms with Gasteiger partial charge in [0.2, 0.25) is 11.7 Å². The van der Waals surface area contributed by atoms with Crippen LogP contribution >= 0.6 is 11.6 Å². The van der Waals surface area contributed by atoms with Gasteiger partial charge in [-0.15, -0.1) is 11.6 Å². The summed E-state index contributed by atoms with van der Waals surface area (Å²) < 4.78 is 10.1. The molecule has 2 heterocycles. The summed E-state index contributed by atoms with van der Waals surface area (Å²) in [4.78, 5) is 28.6. The summed E-state index contributed by atoms with van der Waals surface area (Å²) in [5.74, 6) is -0.716. The number of aromatic nitrogens is 1. The van der Waals surface area contributed by atoms with Gasteiger partial charge in [0.1, 0.15) is 0 Å². The number of rotatable bonds is 3. The summed E-state index contributed by atoms with van der Waals surface area (Å²) in [6.45, 7) is 3.91. The average Bonchev–Trinajstić information content (AvgIpc) is 2.82. The molecule has 0 radical (unpaired) electrons. The predicted octanol–water partition coefficient (Wildman–Crippen LogP) is 1.50. The smallest absolute Gasteiger partial charge is 0.376 e. The van der Waals surface area contributed by atoms with Crippen LogP contribution in [0.2, 0.25) is 0 Å². The molecule has 2 rings (SSSR count). The fourth-order valence-corrected chi connectivity index (χ4v) is 2.00. The number of anilines is 1. The van der Waals surface area contributed by atoms with Crippen molar-refractivity contribution in [3.8, 4) is 0 Å². The molecule has 0 aliphatic carbocycles. The quantitative estimate of drug-likeness (QED) is 0.616. The minimum atomic E-state index is -0.581. The summed E-state index contributed by atoms with van der Waals surface area (Å²) in [5.41, 5.74) is 0.397. The average molecular weight is 273 g/mol. The fourth-order valence-electron chi connectivity index (χ4n) is 1.73. The van der Waals surface area contributed by atoms with Crippen LogP contribution in [0.4, 0.5) is 6.01 Å². The number of ether oxygens (including phenoxy) is 1. The number of aryl methyl sites for hydroxylation is 1. The molecule has 1 atom stereocenters. The SMILES string of the molecule is CCOC(=O)c1oc(N2CC(Cl)CC2=O)nc1C. The zero-order chi connectivity index (χ0) is 13.3. The lowest BCUT2D eigenvalue weighted by molar-refractivity contribution is -0.117. The van der Waals surface area contributed by atoms with Crippen molar-refractivity contribution in [2.24, 2.45) is 0 Å². The van der Waals surface area contributed by atoms with Crippen LogP contribution in [0.3, 0.4) is 0 Å². The maximum Gasteiger partial charge on any atom is 0.376 e. The monoisotopic (exact) mass is 272 g/mol. The van der Waals surface area contributed by atoms with Crippen molar-refractivity contribution in [2.45, 2.75) is 25.6 Å². The maximum atomic E-state index is 11.6. The summed E-state index contributed by atoms with van der Waals surface area (Å²) >= 11 is 5.89. The van der Waals surface area contributed by atoms with Crippen molar-refractivity contribution >= 4 is 29.5 Å². The second kappa shape index (κ2) is 4.97. The molecule has 1 amide bonds. The van der Waals surface area contributed by atoms with E-state index in [9.17, 15) is 9.59 Å². The summed E-state index contributed by atoms with van der Waals surface area (Å²) in [6.07, 6.45) is 0.248. The first kappa shape index (κ1) is 12.9. The molecule has 0 N–H and O–H groups in total. The number of amides is 1. The summed E-state index contributed by atoms with van der Waals surface area (Å²) in [7, 11) is 0. The molecule has 0 spiro atoms. The summed E-state index contributed by atoms with van der Waals surface area (Å²) in [5, 5.41) is -0.254. The van der Waals surface area contributed by atoms with Crippen LogP contribution in [0.5, 0.6) is 0 Å². The van der Waals surface area contributed by atoms with Gasteiger partial charge in [-0.1, -0.05) is 0 Å². The fraction of sp³-hybridized carbons (Fsp3) is 0.545. The van der Waals surface area contributed by atoms with Gasteiger partial charge in [0.15, 0.2) is 0 Å². The number of hydrogen-bond donors (Lipinski definition) is 0. The Balaban J connectivity index is 2.23. The molecule has 1 unspecified atom stereocenters. The van der Waals surface area contributed by atoms with Gasteiger partial charge in [-0.25, -0.2) is 4.79 Å². The minimum absolute atomic E-state index is 0.0256. The highest BCUT2D eigenvalue weighted by Crippen LogP contribution is 2.25. The van der Waals surface area contributed by atoms with Gasteiger partial charge >= 0.3 is 12.0 Å². The van der Waals surface area contributed by atoms with Crippen molar-refractivity contribution in [3.63, 3.8) is 0 Å². The molecular formula is C11H13ClN2O4. The van der Waals surface area contributed by atoms with E-state index in [0.717, 1.165) is 0 Å². The van der Waals surface area contributed by atoms with E-state index in [2.05, 4.69) is 4.98 Å². The Morgan fingerprint density at radius 2 is 2.39 bits per heavy atom. The number of nitrogens with zero attached hydrogens (tertiary/aromatic N) is 2. The normalized spacial score (nSPS) is 19.4. The molecule has 98 valence electrons. The van der Waals surface area contributed by atoms with E-state index in [4.69, 9.17) is 20.8 Å². The van der Waals surface area contributed by atoms with E-state index < -0.39 is 5.97 Å². The first-order chi connectivity index (χ1) is 8.52. The Hall–Kier alpha value is -1.56. The third-order valence-electron chi connectivity index (χ3n) is 2.55. The van der Waals surface area contributed by atoms with E-state index in [1.54, 1.807) is 13.8 Å². The van der Waals surface area contributed by atoms with Crippen LogP contribution in [-0.2, 0) is 9.53 Å². The first-order valence-corrected chi connectivity index (χ1v) is 6.05. The molecule has 7 heteroatoms. The standard InChI is InChI=1S/C11H13ClN2O4/c1-3-17-10(16)9-6(2)13-11(18-9)14-5-7(12)4-8(14)15/h7H,3-5H2,1-2H3. The molecule has 1 aliphatic heterocycles. The molecular weight excluding hydrogens is 260 g/mol. The van der Waals surface area contributed by atoms with Gasteiger partial charge in [0.25, 0.3) is 0 Å². The van der Waals surface area contributed by atoms with Crippen LogP contribution in [0.1, 0.15) is 29.6 Å². The number of oxazole rings is 1. The third kappa shape index (κ3) is 2.33. The Morgan fingerprint density at radius 3 is 2.94 bits per heavy atom. The van der Waals surface area contributed by atoms with Crippen LogP contribution in [-0.4, -0.2) is 35.4 Å². The molecule has 0 bridgehead atoms. The topological polar surface area (TPSA) is 72.6 Å². The van der Waals surface area contributed by atoms with E-state index in [1.165, 1.54) is 4.90 Å². The largest absolute Gasteiger partial charge is 0.460 e. The number of halogens is 1. The van der Waals surface area contributed by atoms with E-state index >= 15 is 0 Å². The van der Waals surface area contributed by atoms with E-state index in [0.29, 0.717) is 12.2 Å². The van der Waals surface area contributed by atoms with Gasteiger partial charge < -0.3 is 9.15 Å². The van der Waals surface area contributed by atoms with Crippen molar-refractivity contribution < 1.29 is 18.7 Å². The van der Waals surface area contributed by atoms with Crippen LogP contribution in [0.25, 0.3) is 0 Å². The number of alkyl halides is 1. The lowest BCUT2D eigenvalue weighted by atomic mass is 10.4. The lowest BCUT2D eigenvalue weighted by Gasteiger charge is -2.09. The molecule has 1 aromatic heterocycles. The molecule has 6 nitrogen and oxygen atoms in total. The van der Waals surface area contributed by atoms with Crippen LogP contribution < -0.4 is 4.90 Å². The molecule has 1 aliphatic rings. The number of esters is 1. The number of carbonyl (C=O) groups excluding carboxylic acids is 2. The summed E-state index contributed by atoms with van der Waals surface area (Å²) in [6, 6.07) is 0.101. The molecule has 0 saturated carbocycles. The van der Waals surface area contributed by atoms with Gasteiger partial charge in [-0.3, -0.25) is 9.69 Å². The lowest BCUT2D eigenvalue weighted by Crippen LogP contribution is -2.24. The van der Waals surface area contributed by atoms with Crippen LogP contribution in [0, 0.1) is 6.92 Å². The molecule has 0 aromatic carbocycles. The van der Waals surface area contributed by atoms with Gasteiger partial charge in [-0.2, -0.15) is 4.98 Å². The molecule has 1 fully saturated rings. The predicted molar refractivity (Wildman–Crippen MR) is 63.8 cm³/mol. The minimum Gasteiger partial charge on any atom is -0.460 e. The van der Waals surface area contributed by atoms with Crippen molar-refractivity contribution in [1.29, 1.82) is 0 Å². The zero-order valence-corrected chi connectivity index (χ0v) is 10.9. The maximum absolute atomic E-state index is 11.6. The Morgan fingerprint density at radius 1 is 1.67 bits per heavy atom. The third-order valence-corrected chi connectivity index (χ3v) is 2.85. The Bertz CT molecular complexity index is 485. The van der Waals surface area contributed by atoms with Crippen molar-refractivity contribution in [3.05, 3.63) is 11.5 Å². The van der Waals surface area contributed by atoms with E-state index in [-0.39, 0.29) is 36.1 Å². The highest BCUT2D eigenvalue weighted by atomic mass is 35.5. The highest BCUT2D eigenvalue weighted by molar-refractivity contribution is 6.24. The Labute approximate surface area is 109 Å². The zero-order valence-electron chi connectivity index (χ0n) is 10.1. The number of hydrogen-bond acceptors (Lipinski definition) is 5. The first-order valence-electron chi connectivity index (χ1n) is 5.62. The van der Waals surface area contributed by atoms with Crippen molar-refractivity contribution in [1.82, 2.24) is 4.98 Å². The second-order valence-electron chi connectivity index (χ2n) is 3.94. The molecule has 1 aromatic rings. The second-order valence-corrected chi connectivity index (χ2v) is 4.55. The van der Waals surface area contributed by atoms with Gasteiger partial charge in [0.05, 0.1) is 17.7 Å². The highest BCUT2D eigenvalue weighted by Gasteiger charge is 2.33. The molecule has 1 saturated heterocycles. The van der Waals surface area contributed by atoms with E-state index in [1.807, 2.05) is 0 Å². The Kier molecular flexibility index (Phi) is 3.56. The number of carbonyl (C=O) groups is 2. The van der Waals surface area contributed by atoms with Gasteiger partial charge in [0, 0.05) is 13.0 Å². The van der Waals surface area contributed by atoms with Crippen LogP contribution in [0.15, 0.2) is 4.42 Å². The molecule has 18 heavy (non-hydrogen) atoms. The van der Waals surface area contributed by atoms with Gasteiger partial charge in [-0.05, 0) is 13.8 Å². The van der Waals surface area contributed by atoms with Crippen molar-refractivity contribution in [2.75, 3.05) is 18.1 Å².